The van der Waals surface area contributed by atoms with Crippen molar-refractivity contribution >= 4 is 0 Å². The van der Waals surface area contributed by atoms with Gasteiger partial charge in [0, 0.05) is 0 Å². The molecule has 0 N–H and O–H groups in total. The summed E-state index contributed by atoms with van der Waals surface area (Å²) in [5.41, 5.74) is -0.0305. The Balaban J connectivity index is 2.19. The molecule has 18 heavy (non-hydrogen) atoms. The van der Waals surface area contributed by atoms with Crippen LogP contribution in [0.15, 0.2) is 42.6 Å². The van der Waals surface area contributed by atoms with Gasteiger partial charge in [0.2, 0.25) is 0 Å². The normalized spacial score (nSPS) is 11.3. The molecule has 0 atom stereocenters. The number of ether oxygens (including phenoxy) is 1. The first-order chi connectivity index (χ1) is 8.47. The van der Waals surface area contributed by atoms with E-state index in [1.807, 2.05) is 19.1 Å². The number of para-hydroxylation sites is 1. The first-order valence-electron chi connectivity index (χ1n) is 5.23. The van der Waals surface area contributed by atoms with Gasteiger partial charge >= 0.3 is 6.18 Å². The summed E-state index contributed by atoms with van der Waals surface area (Å²) in [4.78, 5) is 3.33. The molecule has 0 aliphatic carbocycles. The van der Waals surface area contributed by atoms with E-state index in [-0.39, 0.29) is 5.75 Å². The molecule has 0 saturated carbocycles. The number of hydrogen-bond acceptors (Lipinski definition) is 2. The van der Waals surface area contributed by atoms with Crippen molar-refractivity contribution in [1.29, 1.82) is 0 Å². The summed E-state index contributed by atoms with van der Waals surface area (Å²) in [6, 6.07) is 9.39. The Kier molecular flexibility index (Phi) is 3.23. The van der Waals surface area contributed by atoms with Crippen molar-refractivity contribution in [2.24, 2.45) is 0 Å². The van der Waals surface area contributed by atoms with E-state index in [4.69, 9.17) is 4.74 Å². The molecule has 94 valence electrons. The summed E-state index contributed by atoms with van der Waals surface area (Å²) in [6.07, 6.45) is -3.36. The minimum Gasteiger partial charge on any atom is -0.455 e. The molecule has 0 aliphatic rings. The van der Waals surface area contributed by atoms with Crippen LogP contribution < -0.4 is 4.74 Å². The van der Waals surface area contributed by atoms with Crippen LogP contribution in [0, 0.1) is 6.92 Å². The van der Waals surface area contributed by atoms with Crippen molar-refractivity contribution in [3.8, 4) is 11.5 Å². The van der Waals surface area contributed by atoms with Crippen LogP contribution in [0.3, 0.4) is 0 Å². The van der Waals surface area contributed by atoms with Gasteiger partial charge in [-0.25, -0.2) is 4.98 Å². The molecule has 0 bridgehead atoms. The molecular formula is C13H10F3NO. The maximum atomic E-state index is 12.3. The van der Waals surface area contributed by atoms with E-state index in [0.717, 1.165) is 17.8 Å². The van der Waals surface area contributed by atoms with Crippen LogP contribution >= 0.6 is 0 Å². The third-order valence-corrected chi connectivity index (χ3v) is 2.35. The smallest absolute Gasteiger partial charge is 0.433 e. The molecule has 2 aromatic rings. The predicted octanol–water partition coefficient (Wildman–Crippen LogP) is 4.20. The van der Waals surface area contributed by atoms with E-state index in [2.05, 4.69) is 4.98 Å². The van der Waals surface area contributed by atoms with Gasteiger partial charge in [-0.05, 0) is 30.7 Å². The zero-order valence-corrected chi connectivity index (χ0v) is 9.53. The first kappa shape index (κ1) is 12.4. The zero-order valence-electron chi connectivity index (χ0n) is 9.53. The number of halogens is 3. The Labute approximate surface area is 102 Å². The van der Waals surface area contributed by atoms with Crippen molar-refractivity contribution < 1.29 is 17.9 Å². The molecule has 1 heterocycles. The number of rotatable bonds is 2. The largest absolute Gasteiger partial charge is 0.455 e. The van der Waals surface area contributed by atoms with Gasteiger partial charge in [-0.15, -0.1) is 0 Å². The SMILES string of the molecule is Cc1ccccc1Oc1ccc(C(F)(F)F)nc1. The highest BCUT2D eigenvalue weighted by Gasteiger charge is 2.32. The molecular weight excluding hydrogens is 243 g/mol. The molecule has 0 radical (unpaired) electrons. The molecule has 1 aromatic carbocycles. The third kappa shape index (κ3) is 2.80. The molecule has 0 aliphatic heterocycles. The van der Waals surface area contributed by atoms with Crippen LogP contribution in [-0.4, -0.2) is 4.98 Å². The number of aryl methyl sites for hydroxylation is 1. The van der Waals surface area contributed by atoms with Gasteiger partial charge in [-0.1, -0.05) is 18.2 Å². The summed E-state index contributed by atoms with van der Waals surface area (Å²) in [5.74, 6) is 0.872. The number of benzene rings is 1. The van der Waals surface area contributed by atoms with Crippen LogP contribution in [0.5, 0.6) is 11.5 Å². The topological polar surface area (TPSA) is 22.1 Å². The molecule has 1 aromatic heterocycles. The fraction of sp³-hybridized carbons (Fsp3) is 0.154. The van der Waals surface area contributed by atoms with Crippen LogP contribution in [0.2, 0.25) is 0 Å². The minimum atomic E-state index is -4.43. The molecule has 0 spiro atoms. The summed E-state index contributed by atoms with van der Waals surface area (Å²) < 4.78 is 42.4. The Morgan fingerprint density at radius 3 is 2.33 bits per heavy atom. The van der Waals surface area contributed by atoms with Crippen LogP contribution in [0.1, 0.15) is 11.3 Å². The van der Waals surface area contributed by atoms with E-state index in [1.54, 1.807) is 12.1 Å². The molecule has 0 unspecified atom stereocenters. The molecule has 0 fully saturated rings. The second-order valence-corrected chi connectivity index (χ2v) is 3.74. The maximum absolute atomic E-state index is 12.3. The van der Waals surface area contributed by atoms with Crippen molar-refractivity contribution in [3.05, 3.63) is 53.9 Å². The third-order valence-electron chi connectivity index (χ3n) is 2.35. The highest BCUT2D eigenvalue weighted by Crippen LogP contribution is 2.29. The predicted molar refractivity (Wildman–Crippen MR) is 60.5 cm³/mol. The average molecular weight is 253 g/mol. The molecule has 2 nitrogen and oxygen atoms in total. The van der Waals surface area contributed by atoms with Crippen LogP contribution in [-0.2, 0) is 6.18 Å². The van der Waals surface area contributed by atoms with Crippen molar-refractivity contribution in [2.45, 2.75) is 13.1 Å². The Morgan fingerprint density at radius 1 is 1.06 bits per heavy atom. The van der Waals surface area contributed by atoms with E-state index in [0.29, 0.717) is 5.75 Å². The Bertz CT molecular complexity index is 535. The number of hydrogen-bond donors (Lipinski definition) is 0. The number of aromatic nitrogens is 1. The number of nitrogens with zero attached hydrogens (tertiary/aromatic N) is 1. The maximum Gasteiger partial charge on any atom is 0.433 e. The van der Waals surface area contributed by atoms with Gasteiger partial charge in [0.1, 0.15) is 17.2 Å². The van der Waals surface area contributed by atoms with Gasteiger partial charge in [0.25, 0.3) is 0 Å². The Hall–Kier alpha value is -2.04. The fourth-order valence-corrected chi connectivity index (χ4v) is 1.41. The lowest BCUT2D eigenvalue weighted by molar-refractivity contribution is -0.141. The molecule has 5 heteroatoms. The zero-order chi connectivity index (χ0) is 13.2. The van der Waals surface area contributed by atoms with Gasteiger partial charge in [-0.3, -0.25) is 0 Å². The molecule has 2 rings (SSSR count). The van der Waals surface area contributed by atoms with Crippen molar-refractivity contribution in [2.75, 3.05) is 0 Å². The van der Waals surface area contributed by atoms with E-state index in [1.165, 1.54) is 6.07 Å². The van der Waals surface area contributed by atoms with Crippen molar-refractivity contribution in [1.82, 2.24) is 4.98 Å². The summed E-state index contributed by atoms with van der Waals surface area (Å²) >= 11 is 0. The molecule has 0 amide bonds. The number of alkyl halides is 3. The van der Waals surface area contributed by atoms with Crippen LogP contribution in [0.25, 0.3) is 0 Å². The minimum absolute atomic E-state index is 0.275. The van der Waals surface area contributed by atoms with Gasteiger partial charge in [0.05, 0.1) is 6.20 Å². The second-order valence-electron chi connectivity index (χ2n) is 3.74. The lowest BCUT2D eigenvalue weighted by Crippen LogP contribution is -2.07. The average Bonchev–Trinajstić information content (AvgIpc) is 2.32. The lowest BCUT2D eigenvalue weighted by Gasteiger charge is -2.09. The highest BCUT2D eigenvalue weighted by atomic mass is 19.4. The summed E-state index contributed by atoms with van der Waals surface area (Å²) in [5, 5.41) is 0. The molecule has 0 saturated heterocycles. The van der Waals surface area contributed by atoms with Crippen LogP contribution in [0.4, 0.5) is 13.2 Å². The van der Waals surface area contributed by atoms with E-state index in [9.17, 15) is 13.2 Å². The quantitative estimate of drug-likeness (QED) is 0.800. The van der Waals surface area contributed by atoms with E-state index < -0.39 is 11.9 Å². The monoisotopic (exact) mass is 253 g/mol. The summed E-state index contributed by atoms with van der Waals surface area (Å²) in [7, 11) is 0. The summed E-state index contributed by atoms with van der Waals surface area (Å²) in [6.45, 7) is 1.85. The van der Waals surface area contributed by atoms with Gasteiger partial charge in [-0.2, -0.15) is 13.2 Å². The fourth-order valence-electron chi connectivity index (χ4n) is 1.41. The Morgan fingerprint density at radius 2 is 1.78 bits per heavy atom. The van der Waals surface area contributed by atoms with E-state index >= 15 is 0 Å². The standard InChI is InChI=1S/C13H10F3NO/c1-9-4-2-3-5-11(9)18-10-6-7-12(17-8-10)13(14,15)16/h2-8H,1H3. The first-order valence-corrected chi connectivity index (χ1v) is 5.23. The lowest BCUT2D eigenvalue weighted by atomic mass is 10.2. The van der Waals surface area contributed by atoms with Gasteiger partial charge < -0.3 is 4.74 Å². The van der Waals surface area contributed by atoms with Crippen molar-refractivity contribution in [3.63, 3.8) is 0 Å². The van der Waals surface area contributed by atoms with Gasteiger partial charge in [0.15, 0.2) is 0 Å². The second kappa shape index (κ2) is 4.68. The highest BCUT2D eigenvalue weighted by molar-refractivity contribution is 5.36. The number of pyridine rings is 1.